The summed E-state index contributed by atoms with van der Waals surface area (Å²) < 4.78 is 0. The summed E-state index contributed by atoms with van der Waals surface area (Å²) in [4.78, 5) is 38.0. The fourth-order valence-corrected chi connectivity index (χ4v) is 4.68. The molecule has 25 heavy (non-hydrogen) atoms. The highest BCUT2D eigenvalue weighted by Crippen LogP contribution is 2.30. The summed E-state index contributed by atoms with van der Waals surface area (Å²) in [7, 11) is 0. The van der Waals surface area contributed by atoms with Crippen molar-refractivity contribution in [1.29, 1.82) is 0 Å². The van der Waals surface area contributed by atoms with Crippen LogP contribution in [0.3, 0.4) is 0 Å². The third kappa shape index (κ3) is 4.33. The van der Waals surface area contributed by atoms with Gasteiger partial charge < -0.3 is 15.3 Å². The Kier molecular flexibility index (Phi) is 5.97. The summed E-state index contributed by atoms with van der Waals surface area (Å²) >= 11 is 0. The van der Waals surface area contributed by atoms with E-state index in [4.69, 9.17) is 0 Å². The van der Waals surface area contributed by atoms with E-state index in [-0.39, 0.29) is 29.7 Å². The summed E-state index contributed by atoms with van der Waals surface area (Å²) in [6, 6.07) is -0.477. The first-order valence-corrected chi connectivity index (χ1v) is 9.90. The maximum absolute atomic E-state index is 12.8. The molecule has 0 radical (unpaired) electrons. The number of hydrogen-bond acceptors (Lipinski definition) is 3. The average molecular weight is 350 g/mol. The van der Waals surface area contributed by atoms with Gasteiger partial charge in [-0.2, -0.15) is 0 Å². The number of piperidine rings is 1. The van der Waals surface area contributed by atoms with Crippen molar-refractivity contribution in [2.24, 2.45) is 11.8 Å². The van der Waals surface area contributed by atoms with Crippen molar-refractivity contribution in [3.05, 3.63) is 0 Å². The molecule has 6 nitrogen and oxygen atoms in total. The Hall–Kier alpha value is -1.59. The van der Waals surface area contributed by atoms with Crippen molar-refractivity contribution in [1.82, 2.24) is 10.2 Å². The van der Waals surface area contributed by atoms with Crippen LogP contribution in [0.1, 0.15) is 70.6 Å². The number of carboxylic acids is 1. The third-order valence-corrected chi connectivity index (χ3v) is 6.22. The maximum Gasteiger partial charge on any atom is 0.326 e. The number of hydrogen-bond donors (Lipinski definition) is 2. The predicted molar refractivity (Wildman–Crippen MR) is 92.8 cm³/mol. The first-order chi connectivity index (χ1) is 12.1. The first-order valence-electron chi connectivity index (χ1n) is 9.90. The van der Waals surface area contributed by atoms with Crippen LogP contribution in [0.5, 0.6) is 0 Å². The van der Waals surface area contributed by atoms with Gasteiger partial charge in [0.05, 0.1) is 0 Å². The van der Waals surface area contributed by atoms with E-state index in [0.717, 1.165) is 64.2 Å². The number of nitrogens with one attached hydrogen (secondary N) is 1. The molecule has 0 aromatic heterocycles. The minimum atomic E-state index is -0.884. The van der Waals surface area contributed by atoms with Crippen molar-refractivity contribution in [2.75, 3.05) is 6.54 Å². The Balaban J connectivity index is 1.48. The monoisotopic (exact) mass is 350 g/mol. The highest BCUT2D eigenvalue weighted by Gasteiger charge is 2.37. The van der Waals surface area contributed by atoms with Gasteiger partial charge in [0.25, 0.3) is 0 Å². The minimum absolute atomic E-state index is 0.00710. The molecule has 2 N–H and O–H groups in total. The number of carbonyl (C=O) groups excluding carboxylic acids is 2. The Labute approximate surface area is 149 Å². The number of carboxylic acid groups (broad SMARTS) is 1. The quantitative estimate of drug-likeness (QED) is 0.814. The minimum Gasteiger partial charge on any atom is -0.480 e. The smallest absolute Gasteiger partial charge is 0.326 e. The average Bonchev–Trinajstić information content (AvgIpc) is 3.16. The molecule has 1 atom stereocenters. The SMILES string of the molecule is O=C(NC1CCC(C(=O)N2CCCC[C@@H]2C(=O)O)CC1)C1CCCC1. The number of nitrogens with zero attached hydrogens (tertiary/aromatic N) is 1. The number of likely N-dealkylation sites (tertiary alicyclic amines) is 1. The molecule has 0 aromatic carbocycles. The lowest BCUT2D eigenvalue weighted by Gasteiger charge is -2.37. The van der Waals surface area contributed by atoms with E-state index >= 15 is 0 Å². The molecule has 3 fully saturated rings. The van der Waals surface area contributed by atoms with Crippen LogP contribution >= 0.6 is 0 Å². The van der Waals surface area contributed by atoms with E-state index < -0.39 is 12.0 Å². The third-order valence-electron chi connectivity index (χ3n) is 6.22. The zero-order valence-corrected chi connectivity index (χ0v) is 14.9. The first kappa shape index (κ1) is 18.2. The van der Waals surface area contributed by atoms with Gasteiger partial charge in [-0.25, -0.2) is 4.79 Å². The summed E-state index contributed by atoms with van der Waals surface area (Å²) in [5.74, 6) is -0.587. The van der Waals surface area contributed by atoms with Gasteiger partial charge in [-0.15, -0.1) is 0 Å². The molecule has 1 saturated heterocycles. The number of amides is 2. The van der Waals surface area contributed by atoms with Gasteiger partial charge in [-0.05, 0) is 57.8 Å². The van der Waals surface area contributed by atoms with E-state index in [1.807, 2.05) is 0 Å². The van der Waals surface area contributed by atoms with Crippen molar-refractivity contribution < 1.29 is 19.5 Å². The van der Waals surface area contributed by atoms with Crippen molar-refractivity contribution in [3.63, 3.8) is 0 Å². The fourth-order valence-electron chi connectivity index (χ4n) is 4.68. The molecule has 140 valence electrons. The Morgan fingerprint density at radius 1 is 0.800 bits per heavy atom. The molecule has 1 heterocycles. The van der Waals surface area contributed by atoms with Crippen LogP contribution in [-0.4, -0.2) is 46.4 Å². The lowest BCUT2D eigenvalue weighted by Crippen LogP contribution is -2.51. The second-order valence-corrected chi connectivity index (χ2v) is 7.92. The lowest BCUT2D eigenvalue weighted by atomic mass is 9.84. The standard InChI is InChI=1S/C19H30N2O4/c22-17(13-5-1-2-6-13)20-15-10-8-14(9-11-15)18(23)21-12-4-3-7-16(21)19(24)25/h13-16H,1-12H2,(H,20,22)(H,24,25)/t14?,15?,16-/m1/s1. The second-order valence-electron chi connectivity index (χ2n) is 7.92. The number of aliphatic carboxylic acids is 1. The van der Waals surface area contributed by atoms with E-state index in [0.29, 0.717) is 13.0 Å². The molecule has 1 aliphatic heterocycles. The van der Waals surface area contributed by atoms with E-state index in [2.05, 4.69) is 5.32 Å². The molecule has 0 aromatic rings. The molecule has 2 aliphatic carbocycles. The van der Waals surface area contributed by atoms with Crippen LogP contribution in [0.25, 0.3) is 0 Å². The number of carbonyl (C=O) groups is 3. The van der Waals surface area contributed by atoms with Gasteiger partial charge in [0.1, 0.15) is 6.04 Å². The number of rotatable bonds is 4. The van der Waals surface area contributed by atoms with E-state index in [1.165, 1.54) is 0 Å². The van der Waals surface area contributed by atoms with Gasteiger partial charge in [-0.1, -0.05) is 12.8 Å². The molecule has 0 spiro atoms. The summed E-state index contributed by atoms with van der Waals surface area (Å²) in [6.45, 7) is 0.564. The molecule has 6 heteroatoms. The molecule has 2 amide bonds. The normalized spacial score (nSPS) is 30.9. The van der Waals surface area contributed by atoms with Crippen molar-refractivity contribution >= 4 is 17.8 Å². The Bertz CT molecular complexity index is 508. The van der Waals surface area contributed by atoms with Gasteiger partial charge in [-0.3, -0.25) is 9.59 Å². The van der Waals surface area contributed by atoms with Crippen molar-refractivity contribution in [2.45, 2.75) is 82.7 Å². The maximum atomic E-state index is 12.8. The zero-order chi connectivity index (χ0) is 17.8. The molecule has 3 aliphatic rings. The van der Waals surface area contributed by atoms with Crippen LogP contribution in [0, 0.1) is 11.8 Å². The summed E-state index contributed by atoms with van der Waals surface area (Å²) in [6.07, 6.45) is 9.78. The molecular formula is C19H30N2O4. The lowest BCUT2D eigenvalue weighted by molar-refractivity contribution is -0.154. The van der Waals surface area contributed by atoms with Gasteiger partial charge >= 0.3 is 5.97 Å². The highest BCUT2D eigenvalue weighted by molar-refractivity contribution is 5.85. The molecule has 0 unspecified atom stereocenters. The molecule has 2 saturated carbocycles. The van der Waals surface area contributed by atoms with Crippen LogP contribution in [0.4, 0.5) is 0 Å². The molecule has 0 bridgehead atoms. The van der Waals surface area contributed by atoms with Crippen LogP contribution in [0.15, 0.2) is 0 Å². The van der Waals surface area contributed by atoms with Crippen LogP contribution in [0.2, 0.25) is 0 Å². The van der Waals surface area contributed by atoms with Crippen LogP contribution < -0.4 is 5.32 Å². The Morgan fingerprint density at radius 2 is 1.44 bits per heavy atom. The Morgan fingerprint density at radius 3 is 2.08 bits per heavy atom. The van der Waals surface area contributed by atoms with E-state index in [9.17, 15) is 19.5 Å². The summed E-state index contributed by atoms with van der Waals surface area (Å²) in [5.41, 5.74) is 0. The summed E-state index contributed by atoms with van der Waals surface area (Å²) in [5, 5.41) is 12.5. The topological polar surface area (TPSA) is 86.7 Å². The molecule has 3 rings (SSSR count). The van der Waals surface area contributed by atoms with Crippen LogP contribution in [-0.2, 0) is 14.4 Å². The predicted octanol–water partition coefficient (Wildman–Crippen LogP) is 2.32. The molecular weight excluding hydrogens is 320 g/mol. The second kappa shape index (κ2) is 8.19. The zero-order valence-electron chi connectivity index (χ0n) is 14.9. The van der Waals surface area contributed by atoms with Gasteiger partial charge in [0.15, 0.2) is 0 Å². The fraction of sp³-hybridized carbons (Fsp3) is 0.842. The van der Waals surface area contributed by atoms with Gasteiger partial charge in [0.2, 0.25) is 11.8 Å². The van der Waals surface area contributed by atoms with E-state index in [1.54, 1.807) is 4.90 Å². The largest absolute Gasteiger partial charge is 0.480 e. The van der Waals surface area contributed by atoms with Crippen molar-refractivity contribution in [3.8, 4) is 0 Å². The highest BCUT2D eigenvalue weighted by atomic mass is 16.4. The van der Waals surface area contributed by atoms with Gasteiger partial charge in [0, 0.05) is 24.4 Å².